The van der Waals surface area contributed by atoms with Gasteiger partial charge in [0.2, 0.25) is 0 Å². The van der Waals surface area contributed by atoms with E-state index >= 15 is 0 Å². The first kappa shape index (κ1) is 9.84. The average molecular weight is 178 g/mol. The van der Waals surface area contributed by atoms with Gasteiger partial charge in [-0.05, 0) is 12.8 Å². The van der Waals surface area contributed by atoms with Crippen molar-refractivity contribution in [2.45, 2.75) is 27.2 Å². The zero-order valence-corrected chi connectivity index (χ0v) is 8.24. The zero-order valence-electron chi connectivity index (χ0n) is 8.24. The van der Waals surface area contributed by atoms with Gasteiger partial charge in [0.15, 0.2) is 5.78 Å². The molecule has 70 valence electrons. The molecule has 1 aromatic heterocycles. The van der Waals surface area contributed by atoms with Crippen molar-refractivity contribution < 1.29 is 4.79 Å². The van der Waals surface area contributed by atoms with Crippen molar-refractivity contribution in [2.24, 2.45) is 5.92 Å². The Morgan fingerprint density at radius 1 is 1.38 bits per heavy atom. The second-order valence-corrected chi connectivity index (χ2v) is 3.56. The number of hydrogen-bond acceptors (Lipinski definition) is 3. The molecule has 3 nitrogen and oxygen atoms in total. The van der Waals surface area contributed by atoms with Crippen molar-refractivity contribution in [3.63, 3.8) is 0 Å². The Balaban J connectivity index is 2.72. The number of carbonyl (C=O) groups is 1. The largest absolute Gasteiger partial charge is 0.292 e. The molecular weight excluding hydrogens is 164 g/mol. The third-order valence-corrected chi connectivity index (χ3v) is 1.66. The molecule has 0 atom stereocenters. The predicted molar refractivity (Wildman–Crippen MR) is 50.6 cm³/mol. The van der Waals surface area contributed by atoms with E-state index in [9.17, 15) is 4.79 Å². The second-order valence-electron chi connectivity index (χ2n) is 3.56. The van der Waals surface area contributed by atoms with Crippen LogP contribution in [-0.2, 0) is 0 Å². The Kier molecular flexibility index (Phi) is 3.12. The van der Waals surface area contributed by atoms with E-state index in [-0.39, 0.29) is 5.78 Å². The molecule has 0 saturated heterocycles. The number of aromatic nitrogens is 2. The molecule has 0 bridgehead atoms. The van der Waals surface area contributed by atoms with Crippen molar-refractivity contribution >= 4 is 5.78 Å². The summed E-state index contributed by atoms with van der Waals surface area (Å²) in [5, 5.41) is 0. The van der Waals surface area contributed by atoms with Crippen LogP contribution < -0.4 is 0 Å². The fourth-order valence-electron chi connectivity index (χ4n) is 1.01. The van der Waals surface area contributed by atoms with Crippen LogP contribution in [0, 0.1) is 12.8 Å². The van der Waals surface area contributed by atoms with E-state index in [1.165, 1.54) is 0 Å². The Labute approximate surface area is 78.2 Å². The van der Waals surface area contributed by atoms with Crippen LogP contribution in [0.15, 0.2) is 12.4 Å². The van der Waals surface area contributed by atoms with Gasteiger partial charge in [-0.3, -0.25) is 9.78 Å². The first-order valence-corrected chi connectivity index (χ1v) is 4.41. The van der Waals surface area contributed by atoms with E-state index in [1.54, 1.807) is 12.4 Å². The smallest absolute Gasteiger partial charge is 0.183 e. The van der Waals surface area contributed by atoms with Crippen molar-refractivity contribution in [2.75, 3.05) is 0 Å². The minimum atomic E-state index is 0.0718. The van der Waals surface area contributed by atoms with Gasteiger partial charge in [-0.1, -0.05) is 13.8 Å². The quantitative estimate of drug-likeness (QED) is 0.665. The number of rotatable bonds is 3. The van der Waals surface area contributed by atoms with Crippen LogP contribution in [0.3, 0.4) is 0 Å². The molecule has 1 heterocycles. The summed E-state index contributed by atoms with van der Waals surface area (Å²) in [6.07, 6.45) is 3.70. The molecule has 0 N–H and O–H groups in total. The molecule has 0 radical (unpaired) electrons. The van der Waals surface area contributed by atoms with Crippen LogP contribution in [0.1, 0.15) is 36.5 Å². The van der Waals surface area contributed by atoms with Gasteiger partial charge in [-0.25, -0.2) is 4.98 Å². The lowest BCUT2D eigenvalue weighted by Gasteiger charge is -2.02. The lowest BCUT2D eigenvalue weighted by molar-refractivity contribution is 0.0962. The fourth-order valence-corrected chi connectivity index (χ4v) is 1.01. The standard InChI is InChI=1S/C10H14N2O/c1-7(2)4-10(13)9-6-11-8(3)5-12-9/h5-7H,4H2,1-3H3. The Morgan fingerprint density at radius 3 is 2.54 bits per heavy atom. The van der Waals surface area contributed by atoms with E-state index in [1.807, 2.05) is 20.8 Å². The van der Waals surface area contributed by atoms with Crippen LogP contribution in [0.25, 0.3) is 0 Å². The van der Waals surface area contributed by atoms with Gasteiger partial charge < -0.3 is 0 Å². The summed E-state index contributed by atoms with van der Waals surface area (Å²) in [4.78, 5) is 19.5. The van der Waals surface area contributed by atoms with Crippen LogP contribution in [0.4, 0.5) is 0 Å². The van der Waals surface area contributed by atoms with Gasteiger partial charge in [-0.2, -0.15) is 0 Å². The van der Waals surface area contributed by atoms with Crippen LogP contribution in [0.2, 0.25) is 0 Å². The van der Waals surface area contributed by atoms with E-state index in [0.29, 0.717) is 18.0 Å². The highest BCUT2D eigenvalue weighted by atomic mass is 16.1. The normalized spacial score (nSPS) is 10.5. The highest BCUT2D eigenvalue weighted by molar-refractivity contribution is 5.93. The van der Waals surface area contributed by atoms with Gasteiger partial charge in [-0.15, -0.1) is 0 Å². The van der Waals surface area contributed by atoms with Crippen LogP contribution in [0.5, 0.6) is 0 Å². The lowest BCUT2D eigenvalue weighted by Crippen LogP contribution is -2.06. The van der Waals surface area contributed by atoms with Gasteiger partial charge in [0.1, 0.15) is 5.69 Å². The molecule has 0 fully saturated rings. The minimum Gasteiger partial charge on any atom is -0.292 e. The molecule has 0 unspecified atom stereocenters. The molecular formula is C10H14N2O. The maximum Gasteiger partial charge on any atom is 0.183 e. The average Bonchev–Trinajstić information content (AvgIpc) is 2.04. The first-order valence-electron chi connectivity index (χ1n) is 4.41. The van der Waals surface area contributed by atoms with Crippen molar-refractivity contribution in [3.05, 3.63) is 23.8 Å². The predicted octanol–water partition coefficient (Wildman–Crippen LogP) is 2.01. The molecule has 1 aromatic rings. The van der Waals surface area contributed by atoms with Gasteiger partial charge in [0.25, 0.3) is 0 Å². The Hall–Kier alpha value is -1.25. The molecule has 0 aromatic carbocycles. The highest BCUT2D eigenvalue weighted by Gasteiger charge is 2.09. The summed E-state index contributed by atoms with van der Waals surface area (Å²) in [6.45, 7) is 5.88. The molecule has 3 heteroatoms. The van der Waals surface area contributed by atoms with Crippen LogP contribution in [-0.4, -0.2) is 15.8 Å². The topological polar surface area (TPSA) is 42.9 Å². The number of carbonyl (C=O) groups excluding carboxylic acids is 1. The van der Waals surface area contributed by atoms with E-state index in [2.05, 4.69) is 9.97 Å². The molecule has 13 heavy (non-hydrogen) atoms. The molecule has 1 rings (SSSR count). The third kappa shape index (κ3) is 2.93. The maximum atomic E-state index is 11.5. The number of aryl methyl sites for hydroxylation is 1. The zero-order chi connectivity index (χ0) is 9.84. The van der Waals surface area contributed by atoms with Gasteiger partial charge >= 0.3 is 0 Å². The summed E-state index contributed by atoms with van der Waals surface area (Å²) in [6, 6.07) is 0. The molecule has 0 aliphatic heterocycles. The van der Waals surface area contributed by atoms with Crippen molar-refractivity contribution in [1.82, 2.24) is 9.97 Å². The molecule has 0 spiro atoms. The van der Waals surface area contributed by atoms with Crippen LogP contribution >= 0.6 is 0 Å². The highest BCUT2D eigenvalue weighted by Crippen LogP contribution is 2.06. The van der Waals surface area contributed by atoms with E-state index in [4.69, 9.17) is 0 Å². The Morgan fingerprint density at radius 2 is 2.08 bits per heavy atom. The van der Waals surface area contributed by atoms with Gasteiger partial charge in [0, 0.05) is 12.6 Å². The van der Waals surface area contributed by atoms with E-state index < -0.39 is 0 Å². The second kappa shape index (κ2) is 4.12. The minimum absolute atomic E-state index is 0.0718. The maximum absolute atomic E-state index is 11.5. The first-order chi connectivity index (χ1) is 6.09. The molecule has 0 amide bonds. The lowest BCUT2D eigenvalue weighted by atomic mass is 10.1. The molecule has 0 aliphatic rings. The number of ketones is 1. The summed E-state index contributed by atoms with van der Waals surface area (Å²) in [5.41, 5.74) is 1.31. The molecule has 0 aliphatic carbocycles. The van der Waals surface area contributed by atoms with E-state index in [0.717, 1.165) is 5.69 Å². The third-order valence-electron chi connectivity index (χ3n) is 1.66. The SMILES string of the molecule is Cc1cnc(C(=O)CC(C)C)cn1. The summed E-state index contributed by atoms with van der Waals surface area (Å²) in [7, 11) is 0. The summed E-state index contributed by atoms with van der Waals surface area (Å²) >= 11 is 0. The fraction of sp³-hybridized carbons (Fsp3) is 0.500. The summed E-state index contributed by atoms with van der Waals surface area (Å²) < 4.78 is 0. The molecule has 0 saturated carbocycles. The Bertz CT molecular complexity index is 290. The number of nitrogens with zero attached hydrogens (tertiary/aromatic N) is 2. The van der Waals surface area contributed by atoms with Crippen molar-refractivity contribution in [3.8, 4) is 0 Å². The number of hydrogen-bond donors (Lipinski definition) is 0. The monoisotopic (exact) mass is 178 g/mol. The summed E-state index contributed by atoms with van der Waals surface area (Å²) in [5.74, 6) is 0.443. The number of Topliss-reactive ketones (excluding diaryl/α,β-unsaturated/α-hetero) is 1. The van der Waals surface area contributed by atoms with Gasteiger partial charge in [0.05, 0.1) is 11.9 Å². The van der Waals surface area contributed by atoms with Crippen molar-refractivity contribution in [1.29, 1.82) is 0 Å².